The number of rotatable bonds is 5. The number of aryl methyl sites for hydroxylation is 3. The first-order valence-electron chi connectivity index (χ1n) is 7.59. The van der Waals surface area contributed by atoms with Crippen LogP contribution >= 0.6 is 0 Å². The Balaban J connectivity index is 2.14. The van der Waals surface area contributed by atoms with Crippen molar-refractivity contribution >= 4 is 17.6 Å². The highest BCUT2D eigenvalue weighted by Gasteiger charge is 2.11. The molecule has 0 bridgehead atoms. The number of carbonyl (C=O) groups excluding carboxylic acids is 2. The molecule has 0 spiro atoms. The van der Waals surface area contributed by atoms with Crippen molar-refractivity contribution in [2.75, 3.05) is 19.0 Å². The molecule has 0 aromatic heterocycles. The van der Waals surface area contributed by atoms with Gasteiger partial charge in [0.1, 0.15) is 5.75 Å². The second kappa shape index (κ2) is 7.64. The van der Waals surface area contributed by atoms with E-state index in [1.54, 1.807) is 24.3 Å². The lowest BCUT2D eigenvalue weighted by Crippen LogP contribution is -2.15. The van der Waals surface area contributed by atoms with E-state index in [9.17, 15) is 9.59 Å². The minimum absolute atomic E-state index is 0.197. The summed E-state index contributed by atoms with van der Waals surface area (Å²) in [6.07, 6.45) is 0. The quantitative estimate of drug-likeness (QED) is 0.855. The van der Waals surface area contributed by atoms with E-state index in [2.05, 4.69) is 10.1 Å². The van der Waals surface area contributed by atoms with Crippen molar-refractivity contribution in [3.63, 3.8) is 0 Å². The normalized spacial score (nSPS) is 10.2. The number of carbonyl (C=O) groups is 2. The summed E-state index contributed by atoms with van der Waals surface area (Å²) in [7, 11) is 1.29. The number of esters is 1. The second-order valence-corrected chi connectivity index (χ2v) is 5.62. The van der Waals surface area contributed by atoms with Gasteiger partial charge in [-0.3, -0.25) is 4.79 Å². The van der Waals surface area contributed by atoms with E-state index in [0.29, 0.717) is 11.3 Å². The first-order valence-corrected chi connectivity index (χ1v) is 7.59. The molecule has 1 amide bonds. The molecule has 0 heterocycles. The Bertz CT molecular complexity index is 745. The zero-order valence-corrected chi connectivity index (χ0v) is 14.3. The molecule has 0 aliphatic carbocycles. The average Bonchev–Trinajstić information content (AvgIpc) is 2.55. The summed E-state index contributed by atoms with van der Waals surface area (Å²) in [6.45, 7) is 5.75. The van der Waals surface area contributed by atoms with Gasteiger partial charge in [-0.05, 0) is 50.1 Å². The van der Waals surface area contributed by atoms with Gasteiger partial charge in [-0.15, -0.1) is 0 Å². The zero-order valence-electron chi connectivity index (χ0n) is 14.3. The fraction of sp³-hybridized carbons (Fsp3) is 0.263. The minimum Gasteiger partial charge on any atom is -0.482 e. The Morgan fingerprint density at radius 2 is 1.71 bits per heavy atom. The summed E-state index contributed by atoms with van der Waals surface area (Å²) in [4.78, 5) is 23.6. The van der Waals surface area contributed by atoms with Crippen molar-refractivity contribution in [2.45, 2.75) is 20.8 Å². The molecule has 0 saturated carbocycles. The lowest BCUT2D eigenvalue weighted by molar-refractivity contribution is -0.142. The van der Waals surface area contributed by atoms with Gasteiger partial charge in [-0.2, -0.15) is 0 Å². The van der Waals surface area contributed by atoms with Crippen LogP contribution in [0.5, 0.6) is 5.75 Å². The van der Waals surface area contributed by atoms with Crippen LogP contribution in [0.25, 0.3) is 0 Å². The SMILES string of the molecule is COC(=O)COc1cccc(C(=O)Nc2c(C)cc(C)cc2C)c1. The predicted octanol–water partition coefficient (Wildman–Crippen LogP) is 3.42. The van der Waals surface area contributed by atoms with Crippen LogP contribution < -0.4 is 10.1 Å². The Kier molecular flexibility index (Phi) is 5.58. The van der Waals surface area contributed by atoms with Gasteiger partial charge in [0.2, 0.25) is 0 Å². The third-order valence-electron chi connectivity index (χ3n) is 3.60. The van der Waals surface area contributed by atoms with Crippen LogP contribution in [0.1, 0.15) is 27.0 Å². The van der Waals surface area contributed by atoms with E-state index >= 15 is 0 Å². The largest absolute Gasteiger partial charge is 0.482 e. The van der Waals surface area contributed by atoms with Crippen LogP contribution in [0, 0.1) is 20.8 Å². The Morgan fingerprint density at radius 1 is 1.04 bits per heavy atom. The predicted molar refractivity (Wildman–Crippen MR) is 92.6 cm³/mol. The highest BCUT2D eigenvalue weighted by atomic mass is 16.6. The van der Waals surface area contributed by atoms with E-state index < -0.39 is 5.97 Å². The average molecular weight is 327 g/mol. The summed E-state index contributed by atoms with van der Waals surface area (Å²) in [6, 6.07) is 10.7. The van der Waals surface area contributed by atoms with Crippen molar-refractivity contribution in [3.8, 4) is 5.75 Å². The third-order valence-corrected chi connectivity index (χ3v) is 3.60. The van der Waals surface area contributed by atoms with Crippen molar-refractivity contribution in [1.29, 1.82) is 0 Å². The van der Waals surface area contributed by atoms with Crippen LogP contribution in [0.15, 0.2) is 36.4 Å². The molecule has 0 aliphatic heterocycles. The van der Waals surface area contributed by atoms with E-state index in [4.69, 9.17) is 4.74 Å². The van der Waals surface area contributed by atoms with Crippen LogP contribution in [0.3, 0.4) is 0 Å². The Labute approximate surface area is 141 Å². The minimum atomic E-state index is -0.476. The number of nitrogens with one attached hydrogen (secondary N) is 1. The number of hydrogen-bond donors (Lipinski definition) is 1. The first kappa shape index (κ1) is 17.5. The van der Waals surface area contributed by atoms with Gasteiger partial charge in [0.15, 0.2) is 6.61 Å². The first-order chi connectivity index (χ1) is 11.4. The molecule has 0 radical (unpaired) electrons. The highest BCUT2D eigenvalue weighted by Crippen LogP contribution is 2.23. The molecule has 0 unspecified atom stereocenters. The van der Waals surface area contributed by atoms with Crippen LogP contribution in [0.2, 0.25) is 0 Å². The maximum Gasteiger partial charge on any atom is 0.343 e. The van der Waals surface area contributed by atoms with E-state index in [0.717, 1.165) is 22.4 Å². The van der Waals surface area contributed by atoms with Gasteiger partial charge < -0.3 is 14.8 Å². The van der Waals surface area contributed by atoms with Crippen molar-refractivity contribution < 1.29 is 19.1 Å². The van der Waals surface area contributed by atoms with Crippen molar-refractivity contribution in [1.82, 2.24) is 0 Å². The molecule has 2 aromatic carbocycles. The van der Waals surface area contributed by atoms with Crippen molar-refractivity contribution in [3.05, 3.63) is 58.7 Å². The topological polar surface area (TPSA) is 64.6 Å². The van der Waals surface area contributed by atoms with Gasteiger partial charge >= 0.3 is 5.97 Å². The summed E-state index contributed by atoms with van der Waals surface area (Å²) < 4.78 is 9.83. The molecule has 0 atom stereocenters. The summed E-state index contributed by atoms with van der Waals surface area (Å²) in [5, 5.41) is 2.94. The number of ether oxygens (including phenoxy) is 2. The fourth-order valence-corrected chi connectivity index (χ4v) is 2.49. The maximum absolute atomic E-state index is 12.5. The lowest BCUT2D eigenvalue weighted by Gasteiger charge is -2.13. The van der Waals surface area contributed by atoms with E-state index in [-0.39, 0.29) is 12.5 Å². The van der Waals surface area contributed by atoms with E-state index in [1.807, 2.05) is 32.9 Å². The molecule has 5 nitrogen and oxygen atoms in total. The zero-order chi connectivity index (χ0) is 17.7. The standard InChI is InChI=1S/C19H21NO4/c1-12-8-13(2)18(14(3)9-12)20-19(22)15-6-5-7-16(10-15)24-11-17(21)23-4/h5-10H,11H2,1-4H3,(H,20,22). The van der Waals surface area contributed by atoms with Crippen LogP contribution in [-0.2, 0) is 9.53 Å². The van der Waals surface area contributed by atoms with E-state index in [1.165, 1.54) is 7.11 Å². The lowest BCUT2D eigenvalue weighted by atomic mass is 10.0. The van der Waals surface area contributed by atoms with Gasteiger partial charge in [-0.25, -0.2) is 4.79 Å². The third kappa shape index (κ3) is 4.35. The number of anilines is 1. The van der Waals surface area contributed by atoms with Crippen molar-refractivity contribution in [2.24, 2.45) is 0 Å². The molecule has 2 rings (SSSR count). The number of benzene rings is 2. The maximum atomic E-state index is 12.5. The molecule has 0 saturated heterocycles. The number of methoxy groups -OCH3 is 1. The number of amides is 1. The molecule has 126 valence electrons. The molecule has 5 heteroatoms. The summed E-state index contributed by atoms with van der Waals surface area (Å²) in [5.74, 6) is -0.269. The van der Waals surface area contributed by atoms with Gasteiger partial charge in [0.25, 0.3) is 5.91 Å². The molecular formula is C19H21NO4. The number of hydrogen-bond acceptors (Lipinski definition) is 4. The van der Waals surface area contributed by atoms with Crippen LogP contribution in [-0.4, -0.2) is 25.6 Å². The highest BCUT2D eigenvalue weighted by molar-refractivity contribution is 6.05. The van der Waals surface area contributed by atoms with Gasteiger partial charge in [-0.1, -0.05) is 23.8 Å². The monoisotopic (exact) mass is 327 g/mol. The summed E-state index contributed by atoms with van der Waals surface area (Å²) in [5.41, 5.74) is 4.45. The second-order valence-electron chi connectivity index (χ2n) is 5.62. The Morgan fingerprint density at radius 3 is 2.33 bits per heavy atom. The van der Waals surface area contributed by atoms with Gasteiger partial charge in [0, 0.05) is 11.3 Å². The van der Waals surface area contributed by atoms with Gasteiger partial charge in [0.05, 0.1) is 7.11 Å². The molecule has 1 N–H and O–H groups in total. The molecule has 0 aliphatic rings. The summed E-state index contributed by atoms with van der Waals surface area (Å²) >= 11 is 0. The molecular weight excluding hydrogens is 306 g/mol. The molecule has 24 heavy (non-hydrogen) atoms. The molecule has 2 aromatic rings. The Hall–Kier alpha value is -2.82. The fourth-order valence-electron chi connectivity index (χ4n) is 2.49. The smallest absolute Gasteiger partial charge is 0.343 e. The van der Waals surface area contributed by atoms with Crippen LogP contribution in [0.4, 0.5) is 5.69 Å². The molecule has 0 fully saturated rings.